The molecule has 2 aromatic heterocycles. The number of hydrogen-bond donors (Lipinski definition) is 1. The molecule has 1 amide bonds. The number of thiophene rings is 1. The molecular formula is C18H18ClN3O3S. The Morgan fingerprint density at radius 2 is 2.12 bits per heavy atom. The van der Waals surface area contributed by atoms with Crippen LogP contribution in [0.2, 0.25) is 5.02 Å². The van der Waals surface area contributed by atoms with E-state index >= 15 is 0 Å². The summed E-state index contributed by atoms with van der Waals surface area (Å²) in [5, 5.41) is 9.28. The van der Waals surface area contributed by atoms with Crippen molar-refractivity contribution in [3.63, 3.8) is 0 Å². The van der Waals surface area contributed by atoms with E-state index < -0.39 is 6.10 Å². The van der Waals surface area contributed by atoms with Crippen LogP contribution in [-0.4, -0.2) is 22.2 Å². The number of amides is 1. The summed E-state index contributed by atoms with van der Waals surface area (Å²) in [6.07, 6.45) is -0.672. The highest BCUT2D eigenvalue weighted by Crippen LogP contribution is 2.26. The summed E-state index contributed by atoms with van der Waals surface area (Å²) in [5.41, 5.74) is 1.81. The van der Waals surface area contributed by atoms with Crippen molar-refractivity contribution in [3.05, 3.63) is 51.7 Å². The first-order chi connectivity index (χ1) is 12.4. The molecule has 0 radical (unpaired) electrons. The molecule has 2 heterocycles. The zero-order valence-corrected chi connectivity index (χ0v) is 16.1. The molecule has 3 aromatic rings. The predicted octanol–water partition coefficient (Wildman–Crippen LogP) is 4.15. The minimum Gasteiger partial charge on any atom is -0.481 e. The summed E-state index contributed by atoms with van der Waals surface area (Å²) in [5.74, 6) is 1.18. The first kappa shape index (κ1) is 18.4. The second-order valence-corrected chi connectivity index (χ2v) is 7.16. The first-order valence-corrected chi connectivity index (χ1v) is 9.27. The van der Waals surface area contributed by atoms with Gasteiger partial charge in [0, 0.05) is 5.02 Å². The third kappa shape index (κ3) is 4.23. The Kier molecular flexibility index (Phi) is 5.58. The second-order valence-electron chi connectivity index (χ2n) is 5.84. The number of aryl methyl sites for hydroxylation is 2. The first-order valence-electron chi connectivity index (χ1n) is 8.01. The third-order valence-corrected chi connectivity index (χ3v) is 5.18. The zero-order chi connectivity index (χ0) is 18.7. The maximum absolute atomic E-state index is 12.2. The molecule has 26 heavy (non-hydrogen) atoms. The van der Waals surface area contributed by atoms with Gasteiger partial charge in [-0.15, -0.1) is 11.3 Å². The maximum Gasteiger partial charge on any atom is 0.261 e. The largest absolute Gasteiger partial charge is 0.481 e. The van der Waals surface area contributed by atoms with Gasteiger partial charge in [-0.1, -0.05) is 22.8 Å². The van der Waals surface area contributed by atoms with Crippen LogP contribution in [0.25, 0.3) is 10.7 Å². The topological polar surface area (TPSA) is 77.2 Å². The Hall–Kier alpha value is -2.38. The summed E-state index contributed by atoms with van der Waals surface area (Å²) in [7, 11) is 0. The van der Waals surface area contributed by atoms with Crippen molar-refractivity contribution < 1.29 is 14.1 Å². The highest BCUT2D eigenvalue weighted by atomic mass is 35.5. The van der Waals surface area contributed by atoms with Crippen LogP contribution < -0.4 is 10.1 Å². The molecule has 8 heteroatoms. The van der Waals surface area contributed by atoms with Gasteiger partial charge in [0.25, 0.3) is 5.91 Å². The lowest BCUT2D eigenvalue weighted by molar-refractivity contribution is -0.127. The van der Waals surface area contributed by atoms with Crippen molar-refractivity contribution in [2.45, 2.75) is 33.4 Å². The summed E-state index contributed by atoms with van der Waals surface area (Å²) >= 11 is 7.67. The molecule has 3 rings (SSSR count). The minimum absolute atomic E-state index is 0.142. The number of ether oxygens (including phenoxy) is 1. The second kappa shape index (κ2) is 7.88. The lowest BCUT2D eigenvalue weighted by Gasteiger charge is -2.15. The fourth-order valence-electron chi connectivity index (χ4n) is 2.37. The highest BCUT2D eigenvalue weighted by molar-refractivity contribution is 7.13. The van der Waals surface area contributed by atoms with E-state index in [0.29, 0.717) is 22.5 Å². The van der Waals surface area contributed by atoms with Gasteiger partial charge in [-0.3, -0.25) is 4.79 Å². The van der Waals surface area contributed by atoms with Gasteiger partial charge >= 0.3 is 0 Å². The van der Waals surface area contributed by atoms with Gasteiger partial charge < -0.3 is 14.6 Å². The monoisotopic (exact) mass is 391 g/mol. The van der Waals surface area contributed by atoms with E-state index in [1.165, 1.54) is 11.3 Å². The molecule has 1 N–H and O–H groups in total. The van der Waals surface area contributed by atoms with Crippen molar-refractivity contribution in [3.8, 4) is 16.5 Å². The van der Waals surface area contributed by atoms with Crippen molar-refractivity contribution >= 4 is 28.8 Å². The standard InChI is InChI=1S/C18H18ClN3O3S/c1-10-7-13(8-11(2)16(10)19)24-12(3)18(23)20-9-15-21-17(22-25-15)14-5-4-6-26-14/h4-8,12H,9H2,1-3H3,(H,20,23)/t12-/m1/s1. The normalized spacial score (nSPS) is 12.0. The fraction of sp³-hybridized carbons (Fsp3) is 0.278. The van der Waals surface area contributed by atoms with E-state index in [9.17, 15) is 4.79 Å². The summed E-state index contributed by atoms with van der Waals surface area (Å²) in [4.78, 5) is 17.4. The summed E-state index contributed by atoms with van der Waals surface area (Å²) in [6, 6.07) is 7.44. The van der Waals surface area contributed by atoms with Crippen LogP contribution in [0, 0.1) is 13.8 Å². The van der Waals surface area contributed by atoms with Crippen LogP contribution in [-0.2, 0) is 11.3 Å². The number of carbonyl (C=O) groups is 1. The van der Waals surface area contributed by atoms with Gasteiger partial charge in [0.05, 0.1) is 11.4 Å². The molecule has 0 bridgehead atoms. The summed E-state index contributed by atoms with van der Waals surface area (Å²) < 4.78 is 10.9. The van der Waals surface area contributed by atoms with E-state index in [-0.39, 0.29) is 12.5 Å². The molecular weight excluding hydrogens is 374 g/mol. The van der Waals surface area contributed by atoms with Crippen molar-refractivity contribution in [2.75, 3.05) is 0 Å². The van der Waals surface area contributed by atoms with E-state index in [2.05, 4.69) is 15.5 Å². The minimum atomic E-state index is -0.672. The van der Waals surface area contributed by atoms with Gasteiger partial charge in [0.2, 0.25) is 11.7 Å². The van der Waals surface area contributed by atoms with Crippen molar-refractivity contribution in [2.24, 2.45) is 0 Å². The third-order valence-electron chi connectivity index (χ3n) is 3.72. The molecule has 0 aliphatic carbocycles. The number of rotatable bonds is 6. The number of aromatic nitrogens is 2. The van der Waals surface area contributed by atoms with Gasteiger partial charge in [0.15, 0.2) is 6.10 Å². The molecule has 0 aliphatic heterocycles. The smallest absolute Gasteiger partial charge is 0.261 e. The Bertz CT molecular complexity index is 885. The molecule has 1 atom stereocenters. The average Bonchev–Trinajstić information content (AvgIpc) is 3.28. The Labute approximate surface area is 160 Å². The summed E-state index contributed by atoms with van der Waals surface area (Å²) in [6.45, 7) is 5.62. The molecule has 6 nitrogen and oxygen atoms in total. The average molecular weight is 392 g/mol. The molecule has 0 saturated heterocycles. The molecule has 0 saturated carbocycles. The number of carbonyl (C=O) groups excluding carboxylic acids is 1. The van der Waals surface area contributed by atoms with Crippen LogP contribution in [0.5, 0.6) is 5.75 Å². The van der Waals surface area contributed by atoms with Crippen molar-refractivity contribution in [1.82, 2.24) is 15.5 Å². The zero-order valence-electron chi connectivity index (χ0n) is 14.6. The van der Waals surface area contributed by atoms with Crippen molar-refractivity contribution in [1.29, 1.82) is 0 Å². The number of benzene rings is 1. The van der Waals surface area contributed by atoms with E-state index in [1.54, 1.807) is 6.92 Å². The number of halogens is 1. The van der Waals surface area contributed by atoms with E-state index in [1.807, 2.05) is 43.5 Å². The van der Waals surface area contributed by atoms with Gasteiger partial charge in [-0.25, -0.2) is 0 Å². The Balaban J connectivity index is 1.56. The van der Waals surface area contributed by atoms with Crippen LogP contribution in [0.4, 0.5) is 0 Å². The van der Waals surface area contributed by atoms with Crippen LogP contribution in [0.15, 0.2) is 34.2 Å². The van der Waals surface area contributed by atoms with Crippen LogP contribution in [0.3, 0.4) is 0 Å². The van der Waals surface area contributed by atoms with Gasteiger partial charge in [-0.2, -0.15) is 4.98 Å². The molecule has 0 fully saturated rings. The Morgan fingerprint density at radius 1 is 1.38 bits per heavy atom. The van der Waals surface area contributed by atoms with Gasteiger partial charge in [0.1, 0.15) is 5.75 Å². The van der Waals surface area contributed by atoms with Crippen LogP contribution in [0.1, 0.15) is 23.9 Å². The van der Waals surface area contributed by atoms with E-state index in [4.69, 9.17) is 20.9 Å². The molecule has 0 unspecified atom stereocenters. The molecule has 1 aromatic carbocycles. The lowest BCUT2D eigenvalue weighted by atomic mass is 10.1. The number of nitrogens with one attached hydrogen (secondary N) is 1. The fourth-order valence-corrected chi connectivity index (χ4v) is 3.13. The molecule has 0 aliphatic rings. The SMILES string of the molecule is Cc1cc(O[C@H](C)C(=O)NCc2nc(-c3cccs3)no2)cc(C)c1Cl. The quantitative estimate of drug-likeness (QED) is 0.682. The van der Waals surface area contributed by atoms with Gasteiger partial charge in [-0.05, 0) is 55.5 Å². The maximum atomic E-state index is 12.2. The predicted molar refractivity (Wildman–Crippen MR) is 100 cm³/mol. The highest BCUT2D eigenvalue weighted by Gasteiger charge is 2.17. The number of hydrogen-bond acceptors (Lipinski definition) is 6. The van der Waals surface area contributed by atoms with E-state index in [0.717, 1.165) is 16.0 Å². The number of nitrogens with zero attached hydrogens (tertiary/aromatic N) is 2. The lowest BCUT2D eigenvalue weighted by Crippen LogP contribution is -2.36. The molecule has 0 spiro atoms. The Morgan fingerprint density at radius 3 is 2.77 bits per heavy atom. The van der Waals surface area contributed by atoms with Crippen LogP contribution >= 0.6 is 22.9 Å². The molecule has 136 valence electrons.